The molecule has 2 aliphatic rings. The number of carbonyl (C=O) groups excluding carboxylic acids is 3. The number of aliphatic carboxylic acids is 1. The largest absolute Gasteiger partial charge is 0.477 e. The minimum Gasteiger partial charge on any atom is -0.477 e. The van der Waals surface area contributed by atoms with Gasteiger partial charge in [-0.3, -0.25) is 24.0 Å². The third-order valence-electron chi connectivity index (χ3n) is 4.10. The SMILES string of the molecule is CC(=O)OCC1=C(C(=O)O)N2C(=O)[C@@H](NC(=O)c3c(Cl)cnn3C)[C@H]2SC1. The molecule has 0 saturated carbocycles. The molecule has 144 valence electrons. The number of ether oxygens (including phenoxy) is 1. The highest BCUT2D eigenvalue weighted by molar-refractivity contribution is 8.00. The first kappa shape index (κ1) is 19.2. The molecule has 1 aromatic heterocycles. The summed E-state index contributed by atoms with van der Waals surface area (Å²) in [5.74, 6) is -2.73. The van der Waals surface area contributed by atoms with Gasteiger partial charge in [-0.25, -0.2) is 4.79 Å². The molecule has 0 unspecified atom stereocenters. The molecule has 0 bridgehead atoms. The van der Waals surface area contributed by atoms with Crippen LogP contribution in [0.3, 0.4) is 0 Å². The predicted octanol–water partition coefficient (Wildman–Crippen LogP) is -0.0112. The molecule has 27 heavy (non-hydrogen) atoms. The molecule has 2 amide bonds. The molecular formula is C15H15ClN4O6S. The Hall–Kier alpha value is -2.53. The molecule has 0 radical (unpaired) electrons. The topological polar surface area (TPSA) is 131 Å². The van der Waals surface area contributed by atoms with E-state index in [1.54, 1.807) is 0 Å². The van der Waals surface area contributed by atoms with Crippen LogP contribution in [0.5, 0.6) is 0 Å². The van der Waals surface area contributed by atoms with Gasteiger partial charge in [0.2, 0.25) is 0 Å². The third kappa shape index (κ3) is 3.39. The van der Waals surface area contributed by atoms with Crippen LogP contribution in [0.2, 0.25) is 5.02 Å². The number of aromatic nitrogens is 2. The monoisotopic (exact) mass is 414 g/mol. The molecule has 10 nitrogen and oxygen atoms in total. The second kappa shape index (κ2) is 7.24. The average molecular weight is 415 g/mol. The number of thioether (sulfide) groups is 1. The van der Waals surface area contributed by atoms with Crippen molar-refractivity contribution in [2.75, 3.05) is 12.4 Å². The summed E-state index contributed by atoms with van der Waals surface area (Å²) in [6.45, 7) is 1.01. The van der Waals surface area contributed by atoms with Gasteiger partial charge in [0.15, 0.2) is 0 Å². The number of rotatable bonds is 5. The number of aryl methyl sites for hydroxylation is 1. The smallest absolute Gasteiger partial charge is 0.352 e. The van der Waals surface area contributed by atoms with Gasteiger partial charge in [-0.15, -0.1) is 11.8 Å². The molecule has 3 rings (SSSR count). The Morgan fingerprint density at radius 1 is 1.48 bits per heavy atom. The van der Waals surface area contributed by atoms with E-state index in [1.165, 1.54) is 36.6 Å². The van der Waals surface area contributed by atoms with Gasteiger partial charge in [0.05, 0.1) is 11.2 Å². The standard InChI is InChI=1S/C15H15ClN4O6S/c1-6(21)26-4-7-5-27-14-9(13(23)20(14)10(7)15(24)25)18-12(22)11-8(16)3-17-19(11)2/h3,9,14H,4-5H2,1-2H3,(H,18,22)(H,24,25)/t9-,14-/m1/s1. The molecule has 0 aliphatic carbocycles. The maximum absolute atomic E-state index is 12.5. The number of amides is 2. The lowest BCUT2D eigenvalue weighted by Crippen LogP contribution is -2.70. The minimum atomic E-state index is -1.30. The van der Waals surface area contributed by atoms with Gasteiger partial charge in [-0.2, -0.15) is 5.10 Å². The number of nitrogens with one attached hydrogen (secondary N) is 1. The first-order valence-corrected chi connectivity index (χ1v) is 9.16. The minimum absolute atomic E-state index is 0.105. The molecule has 1 fully saturated rings. The third-order valence-corrected chi connectivity index (χ3v) is 5.71. The van der Waals surface area contributed by atoms with E-state index in [2.05, 4.69) is 10.4 Å². The van der Waals surface area contributed by atoms with Crippen LogP contribution in [0, 0.1) is 0 Å². The Morgan fingerprint density at radius 3 is 2.74 bits per heavy atom. The number of carboxylic acid groups (broad SMARTS) is 1. The van der Waals surface area contributed by atoms with Gasteiger partial charge in [0.25, 0.3) is 11.8 Å². The summed E-state index contributed by atoms with van der Waals surface area (Å²) in [6, 6.07) is -0.891. The molecule has 3 heterocycles. The van der Waals surface area contributed by atoms with Crippen LogP contribution >= 0.6 is 23.4 Å². The maximum atomic E-state index is 12.5. The molecule has 2 N–H and O–H groups in total. The first-order valence-electron chi connectivity index (χ1n) is 7.74. The van der Waals surface area contributed by atoms with Crippen LogP contribution in [0.4, 0.5) is 0 Å². The number of hydrogen-bond acceptors (Lipinski definition) is 7. The number of hydrogen-bond donors (Lipinski definition) is 2. The zero-order chi connectivity index (χ0) is 19.9. The summed E-state index contributed by atoms with van der Waals surface area (Å²) in [4.78, 5) is 48.6. The molecular weight excluding hydrogens is 400 g/mol. The zero-order valence-electron chi connectivity index (χ0n) is 14.3. The van der Waals surface area contributed by atoms with Gasteiger partial charge in [0.1, 0.15) is 29.4 Å². The number of esters is 1. The van der Waals surface area contributed by atoms with Crippen LogP contribution in [0.1, 0.15) is 17.4 Å². The zero-order valence-corrected chi connectivity index (χ0v) is 15.8. The molecule has 2 aliphatic heterocycles. The number of carboxylic acids is 1. The molecule has 2 atom stereocenters. The van der Waals surface area contributed by atoms with Crippen molar-refractivity contribution < 1.29 is 29.0 Å². The van der Waals surface area contributed by atoms with E-state index in [0.717, 1.165) is 4.90 Å². The fourth-order valence-electron chi connectivity index (χ4n) is 2.86. The Morgan fingerprint density at radius 2 is 2.19 bits per heavy atom. The van der Waals surface area contributed by atoms with Crippen LogP contribution in [0.15, 0.2) is 17.5 Å². The lowest BCUT2D eigenvalue weighted by molar-refractivity contribution is -0.149. The maximum Gasteiger partial charge on any atom is 0.352 e. The van der Waals surface area contributed by atoms with Crippen LogP contribution in [-0.4, -0.2) is 67.3 Å². The van der Waals surface area contributed by atoms with Crippen LogP contribution < -0.4 is 5.32 Å². The van der Waals surface area contributed by atoms with E-state index in [4.69, 9.17) is 16.3 Å². The second-order valence-electron chi connectivity index (χ2n) is 5.86. The number of β-lactam (4-membered cyclic amide) rings is 1. The second-order valence-corrected chi connectivity index (χ2v) is 7.38. The van der Waals surface area contributed by atoms with Crippen molar-refractivity contribution in [3.63, 3.8) is 0 Å². The van der Waals surface area contributed by atoms with Crippen molar-refractivity contribution in [2.24, 2.45) is 7.05 Å². The highest BCUT2D eigenvalue weighted by Gasteiger charge is 2.54. The first-order chi connectivity index (χ1) is 12.7. The summed E-state index contributed by atoms with van der Waals surface area (Å²) in [6.07, 6.45) is 1.31. The fraction of sp³-hybridized carbons (Fsp3) is 0.400. The van der Waals surface area contributed by atoms with Gasteiger partial charge >= 0.3 is 11.9 Å². The number of carbonyl (C=O) groups is 4. The van der Waals surface area contributed by atoms with E-state index in [1.807, 2.05) is 0 Å². The highest BCUT2D eigenvalue weighted by Crippen LogP contribution is 2.40. The Labute approximate surface area is 162 Å². The summed E-state index contributed by atoms with van der Waals surface area (Å²) in [5.41, 5.74) is 0.217. The van der Waals surface area contributed by atoms with Gasteiger partial charge in [-0.1, -0.05) is 11.6 Å². The summed E-state index contributed by atoms with van der Waals surface area (Å²) < 4.78 is 6.15. The van der Waals surface area contributed by atoms with E-state index in [-0.39, 0.29) is 28.8 Å². The number of fused-ring (bicyclic) bond motifs is 1. The predicted molar refractivity (Wildman–Crippen MR) is 93.9 cm³/mol. The van der Waals surface area contributed by atoms with E-state index in [9.17, 15) is 24.3 Å². The van der Waals surface area contributed by atoms with Gasteiger partial charge < -0.3 is 15.2 Å². The molecule has 1 saturated heterocycles. The fourth-order valence-corrected chi connectivity index (χ4v) is 4.44. The van der Waals surface area contributed by atoms with Crippen LogP contribution in [-0.2, 0) is 26.2 Å². The van der Waals surface area contributed by atoms with Gasteiger partial charge in [-0.05, 0) is 0 Å². The molecule has 0 spiro atoms. The lowest BCUT2D eigenvalue weighted by Gasteiger charge is -2.49. The van der Waals surface area contributed by atoms with E-state index in [0.29, 0.717) is 5.57 Å². The Balaban J connectivity index is 1.78. The van der Waals surface area contributed by atoms with E-state index >= 15 is 0 Å². The lowest BCUT2D eigenvalue weighted by atomic mass is 10.0. The summed E-state index contributed by atoms with van der Waals surface area (Å²) >= 11 is 7.21. The van der Waals surface area contributed by atoms with E-state index < -0.39 is 35.2 Å². The number of nitrogens with zero attached hydrogens (tertiary/aromatic N) is 3. The van der Waals surface area contributed by atoms with Crippen molar-refractivity contribution in [2.45, 2.75) is 18.3 Å². The molecule has 0 aromatic carbocycles. The van der Waals surface area contributed by atoms with Crippen molar-refractivity contribution in [1.29, 1.82) is 0 Å². The molecule has 12 heteroatoms. The van der Waals surface area contributed by atoms with Crippen molar-refractivity contribution in [1.82, 2.24) is 20.0 Å². The van der Waals surface area contributed by atoms with Crippen molar-refractivity contribution in [3.8, 4) is 0 Å². The Bertz CT molecular complexity index is 862. The van der Waals surface area contributed by atoms with Crippen molar-refractivity contribution in [3.05, 3.63) is 28.2 Å². The van der Waals surface area contributed by atoms with Crippen molar-refractivity contribution >= 4 is 47.1 Å². The number of halogens is 1. The Kier molecular flexibility index (Phi) is 5.16. The quantitative estimate of drug-likeness (QED) is 0.508. The summed E-state index contributed by atoms with van der Waals surface area (Å²) in [5, 5.41) is 15.5. The molecule has 1 aromatic rings. The average Bonchev–Trinajstić information content (AvgIpc) is 2.94. The normalized spacial score (nSPS) is 21.4. The van der Waals surface area contributed by atoms with Gasteiger partial charge in [0, 0.05) is 25.3 Å². The summed E-state index contributed by atoms with van der Waals surface area (Å²) in [7, 11) is 1.54. The highest BCUT2D eigenvalue weighted by atomic mass is 35.5. The van der Waals surface area contributed by atoms with Crippen LogP contribution in [0.25, 0.3) is 0 Å².